The number of hydrogen-bond acceptors (Lipinski definition) is 3. The molecule has 4 N–H and O–H groups in total. The van der Waals surface area contributed by atoms with Crippen LogP contribution >= 0.6 is 12.2 Å². The molecule has 9 heteroatoms. The fraction of sp³-hybridized carbons (Fsp3) is 0.286. The van der Waals surface area contributed by atoms with E-state index in [1.807, 2.05) is 5.32 Å². The zero-order valence-electron chi connectivity index (χ0n) is 7.76. The molecule has 1 amide bonds. The Morgan fingerprint density at radius 1 is 1.62 bits per heavy atom. The van der Waals surface area contributed by atoms with Gasteiger partial charge in [-0.05, 0) is 0 Å². The van der Waals surface area contributed by atoms with Gasteiger partial charge in [0.1, 0.15) is 17.2 Å². The predicted octanol–water partition coefficient (Wildman–Crippen LogP) is 0.935. The summed E-state index contributed by atoms with van der Waals surface area (Å²) in [5, 5.41) is 7.78. The van der Waals surface area contributed by atoms with Crippen LogP contribution in [-0.2, 0) is 4.79 Å². The second-order valence-corrected chi connectivity index (χ2v) is 3.30. The molecule has 0 spiro atoms. The monoisotopic (exact) mass is 252 g/mol. The van der Waals surface area contributed by atoms with E-state index in [1.54, 1.807) is 0 Å². The third-order valence-electron chi connectivity index (χ3n) is 1.53. The third-order valence-corrected chi connectivity index (χ3v) is 1.75. The maximum Gasteiger partial charge on any atom is 0.397 e. The van der Waals surface area contributed by atoms with Crippen LogP contribution in [0.4, 0.5) is 19.0 Å². The molecule has 0 radical (unpaired) electrons. The van der Waals surface area contributed by atoms with E-state index in [1.165, 1.54) is 6.20 Å². The van der Waals surface area contributed by atoms with Gasteiger partial charge in [-0.1, -0.05) is 12.2 Å². The number of aromatic amines is 1. The van der Waals surface area contributed by atoms with E-state index >= 15 is 0 Å². The van der Waals surface area contributed by atoms with Crippen molar-refractivity contribution in [1.82, 2.24) is 10.2 Å². The minimum absolute atomic E-state index is 0.0400. The lowest BCUT2D eigenvalue weighted by Gasteiger charge is -2.07. The normalized spacial score (nSPS) is 11.2. The Morgan fingerprint density at radius 2 is 2.25 bits per heavy atom. The average molecular weight is 252 g/mol. The molecule has 0 saturated heterocycles. The van der Waals surface area contributed by atoms with E-state index in [0.717, 1.165) is 0 Å². The molecule has 88 valence electrons. The maximum absolute atomic E-state index is 11.9. The van der Waals surface area contributed by atoms with Crippen LogP contribution in [0.1, 0.15) is 12.0 Å². The van der Waals surface area contributed by atoms with Crippen molar-refractivity contribution in [3.05, 3.63) is 11.8 Å². The number of aromatic nitrogens is 2. The fourth-order valence-corrected chi connectivity index (χ4v) is 1.09. The maximum atomic E-state index is 11.9. The second kappa shape index (κ2) is 4.47. The summed E-state index contributed by atoms with van der Waals surface area (Å²) < 4.78 is 35.6. The van der Waals surface area contributed by atoms with Gasteiger partial charge in [-0.15, -0.1) is 0 Å². The Kier molecular flexibility index (Phi) is 3.48. The quantitative estimate of drug-likeness (QED) is 0.699. The van der Waals surface area contributed by atoms with Crippen LogP contribution in [-0.4, -0.2) is 27.3 Å². The largest absolute Gasteiger partial charge is 0.397 e. The van der Waals surface area contributed by atoms with E-state index in [-0.39, 0.29) is 16.4 Å². The molecule has 1 rings (SSSR count). The molecule has 1 aromatic heterocycles. The number of H-pyrrole nitrogens is 1. The van der Waals surface area contributed by atoms with Crippen molar-refractivity contribution < 1.29 is 18.0 Å². The van der Waals surface area contributed by atoms with Crippen LogP contribution in [0.15, 0.2) is 6.20 Å². The molecule has 0 bridgehead atoms. The summed E-state index contributed by atoms with van der Waals surface area (Å²) in [6.45, 7) is 0. The topological polar surface area (TPSA) is 83.8 Å². The molecular formula is C7H7F3N4OS. The fourth-order valence-electron chi connectivity index (χ4n) is 0.934. The lowest BCUT2D eigenvalue weighted by Crippen LogP contribution is -2.22. The zero-order chi connectivity index (χ0) is 12.3. The first-order chi connectivity index (χ1) is 7.29. The van der Waals surface area contributed by atoms with Gasteiger partial charge in [0, 0.05) is 0 Å². The van der Waals surface area contributed by atoms with Crippen molar-refractivity contribution in [2.24, 2.45) is 5.73 Å². The van der Waals surface area contributed by atoms with Gasteiger partial charge in [-0.2, -0.15) is 18.3 Å². The van der Waals surface area contributed by atoms with Gasteiger partial charge in [0.15, 0.2) is 0 Å². The molecule has 0 unspecified atom stereocenters. The molecule has 0 aromatic carbocycles. The zero-order valence-corrected chi connectivity index (χ0v) is 8.58. The standard InChI is InChI=1S/C7H7F3N4OS/c8-7(9,10)1-4(15)13-6-3(5(11)16)2-12-14-6/h2H,1H2,(H2,11,16)(H2,12,13,14,15). The molecular weight excluding hydrogens is 245 g/mol. The summed E-state index contributed by atoms with van der Waals surface area (Å²) >= 11 is 4.61. The first-order valence-electron chi connectivity index (χ1n) is 3.99. The van der Waals surface area contributed by atoms with E-state index in [2.05, 4.69) is 22.4 Å². The molecule has 1 heterocycles. The highest BCUT2D eigenvalue weighted by Crippen LogP contribution is 2.20. The van der Waals surface area contributed by atoms with Gasteiger partial charge in [-0.3, -0.25) is 9.89 Å². The van der Waals surface area contributed by atoms with Crippen LogP contribution in [0.5, 0.6) is 0 Å². The number of thiocarbonyl (C=S) groups is 1. The van der Waals surface area contributed by atoms with Crippen LogP contribution in [0, 0.1) is 0 Å². The molecule has 0 saturated carbocycles. The molecule has 0 aliphatic carbocycles. The summed E-state index contributed by atoms with van der Waals surface area (Å²) in [7, 11) is 0. The smallest absolute Gasteiger partial charge is 0.389 e. The van der Waals surface area contributed by atoms with Crippen LogP contribution in [0.25, 0.3) is 0 Å². The number of carbonyl (C=O) groups is 1. The summed E-state index contributed by atoms with van der Waals surface area (Å²) in [5.74, 6) is -1.25. The van der Waals surface area contributed by atoms with Crippen molar-refractivity contribution >= 4 is 28.9 Å². The van der Waals surface area contributed by atoms with E-state index in [9.17, 15) is 18.0 Å². The number of nitrogens with one attached hydrogen (secondary N) is 2. The third kappa shape index (κ3) is 3.50. The van der Waals surface area contributed by atoms with Gasteiger partial charge in [0.25, 0.3) is 0 Å². The Hall–Kier alpha value is -1.64. The lowest BCUT2D eigenvalue weighted by atomic mass is 10.3. The Balaban J connectivity index is 2.70. The van der Waals surface area contributed by atoms with E-state index in [0.29, 0.717) is 0 Å². The van der Waals surface area contributed by atoms with Gasteiger partial charge >= 0.3 is 6.18 Å². The summed E-state index contributed by atoms with van der Waals surface area (Å²) in [6.07, 6.45) is -4.93. The van der Waals surface area contributed by atoms with Crippen molar-refractivity contribution in [2.75, 3.05) is 5.32 Å². The first-order valence-corrected chi connectivity index (χ1v) is 4.40. The predicted molar refractivity (Wildman–Crippen MR) is 53.8 cm³/mol. The number of nitrogens with zero attached hydrogens (tertiary/aromatic N) is 1. The minimum Gasteiger partial charge on any atom is -0.389 e. The van der Waals surface area contributed by atoms with Crippen LogP contribution in [0.3, 0.4) is 0 Å². The highest BCUT2D eigenvalue weighted by Gasteiger charge is 2.31. The highest BCUT2D eigenvalue weighted by molar-refractivity contribution is 7.80. The molecule has 5 nitrogen and oxygen atoms in total. The SMILES string of the molecule is NC(=S)c1cn[nH]c1NC(=O)CC(F)(F)F. The number of nitrogens with two attached hydrogens (primary N) is 1. The van der Waals surface area contributed by atoms with Gasteiger partial charge in [0.2, 0.25) is 5.91 Å². The number of amides is 1. The molecule has 0 fully saturated rings. The van der Waals surface area contributed by atoms with Gasteiger partial charge in [-0.25, -0.2) is 0 Å². The molecule has 0 aliphatic heterocycles. The Labute approximate surface area is 93.2 Å². The molecule has 1 aromatic rings. The summed E-state index contributed by atoms with van der Waals surface area (Å²) in [6, 6.07) is 0. The van der Waals surface area contributed by atoms with Gasteiger partial charge in [0.05, 0.1) is 11.8 Å². The molecule has 0 atom stereocenters. The van der Waals surface area contributed by atoms with E-state index in [4.69, 9.17) is 5.73 Å². The number of halogens is 3. The van der Waals surface area contributed by atoms with Crippen LogP contribution in [0.2, 0.25) is 0 Å². The Morgan fingerprint density at radius 3 is 2.75 bits per heavy atom. The molecule has 0 aliphatic rings. The first kappa shape index (κ1) is 12.4. The summed E-state index contributed by atoms with van der Waals surface area (Å²) in [4.78, 5) is 10.9. The van der Waals surface area contributed by atoms with Crippen molar-refractivity contribution in [2.45, 2.75) is 12.6 Å². The lowest BCUT2D eigenvalue weighted by molar-refractivity contribution is -0.150. The Bertz CT molecular complexity index is 414. The minimum atomic E-state index is -4.56. The number of anilines is 1. The summed E-state index contributed by atoms with van der Waals surface area (Å²) in [5.41, 5.74) is 5.45. The van der Waals surface area contributed by atoms with Crippen molar-refractivity contribution in [3.8, 4) is 0 Å². The highest BCUT2D eigenvalue weighted by atomic mass is 32.1. The van der Waals surface area contributed by atoms with Crippen molar-refractivity contribution in [1.29, 1.82) is 0 Å². The van der Waals surface area contributed by atoms with E-state index < -0.39 is 18.5 Å². The van der Waals surface area contributed by atoms with Crippen LogP contribution < -0.4 is 11.1 Å². The number of rotatable bonds is 3. The molecule has 16 heavy (non-hydrogen) atoms. The number of hydrogen-bond donors (Lipinski definition) is 3. The average Bonchev–Trinajstić information content (AvgIpc) is 2.47. The van der Waals surface area contributed by atoms with Crippen molar-refractivity contribution in [3.63, 3.8) is 0 Å². The number of alkyl halides is 3. The van der Waals surface area contributed by atoms with Gasteiger partial charge < -0.3 is 11.1 Å². The number of carbonyl (C=O) groups excluding carboxylic acids is 1. The second-order valence-electron chi connectivity index (χ2n) is 2.86.